The molecule has 0 spiro atoms. The standard InChI is InChI=1S/C23H25N5O/c1-23(2,3)21-24-14-19(27-21)15-6-5-7-17(12-15)25-22(29)26-18-8-9-20-16(13-18)10-11-28(20)4/h5-14H,1-4H3,(H,24,27)(H2,25,26,29). The number of carbonyl (C=O) groups excluding carboxylic acids is 1. The van der Waals surface area contributed by atoms with Crippen LogP contribution >= 0.6 is 0 Å². The summed E-state index contributed by atoms with van der Waals surface area (Å²) in [5.41, 5.74) is 4.43. The molecule has 0 aliphatic rings. The molecule has 2 heterocycles. The average Bonchev–Trinajstić information content (AvgIpc) is 3.29. The van der Waals surface area contributed by atoms with Crippen LogP contribution in [0.1, 0.15) is 26.6 Å². The number of amides is 2. The molecule has 2 amide bonds. The lowest BCUT2D eigenvalue weighted by Crippen LogP contribution is -2.19. The average molecular weight is 387 g/mol. The van der Waals surface area contributed by atoms with E-state index in [1.165, 1.54) is 0 Å². The largest absolute Gasteiger partial charge is 0.351 e. The third kappa shape index (κ3) is 4.01. The van der Waals surface area contributed by atoms with Gasteiger partial charge in [0.2, 0.25) is 0 Å². The van der Waals surface area contributed by atoms with Crippen molar-refractivity contribution in [1.82, 2.24) is 14.5 Å². The molecule has 4 aromatic rings. The van der Waals surface area contributed by atoms with Crippen LogP contribution < -0.4 is 10.6 Å². The second kappa shape index (κ2) is 7.13. The van der Waals surface area contributed by atoms with E-state index in [1.807, 2.05) is 72.5 Å². The molecular formula is C23H25N5O. The normalized spacial score (nSPS) is 11.6. The zero-order valence-corrected chi connectivity index (χ0v) is 17.1. The van der Waals surface area contributed by atoms with Gasteiger partial charge in [0.15, 0.2) is 0 Å². The van der Waals surface area contributed by atoms with Gasteiger partial charge in [-0.1, -0.05) is 32.9 Å². The van der Waals surface area contributed by atoms with E-state index < -0.39 is 0 Å². The molecule has 0 radical (unpaired) electrons. The van der Waals surface area contributed by atoms with Gasteiger partial charge in [-0.2, -0.15) is 0 Å². The molecule has 0 saturated carbocycles. The quantitative estimate of drug-likeness (QED) is 0.433. The predicted molar refractivity (Wildman–Crippen MR) is 118 cm³/mol. The van der Waals surface area contributed by atoms with Crippen LogP contribution in [0.15, 0.2) is 60.9 Å². The molecule has 0 unspecified atom stereocenters. The maximum Gasteiger partial charge on any atom is 0.323 e. The molecule has 0 aliphatic carbocycles. The number of hydrogen-bond donors (Lipinski definition) is 3. The highest BCUT2D eigenvalue weighted by Gasteiger charge is 2.18. The summed E-state index contributed by atoms with van der Waals surface area (Å²) in [6.07, 6.45) is 3.83. The van der Waals surface area contributed by atoms with Gasteiger partial charge in [-0.3, -0.25) is 0 Å². The van der Waals surface area contributed by atoms with E-state index in [0.717, 1.165) is 33.7 Å². The Kier molecular flexibility index (Phi) is 4.62. The number of fused-ring (bicyclic) bond motifs is 1. The summed E-state index contributed by atoms with van der Waals surface area (Å²) in [6.45, 7) is 6.35. The predicted octanol–water partition coefficient (Wildman–Crippen LogP) is 5.51. The first kappa shape index (κ1) is 18.8. The Morgan fingerprint density at radius 2 is 1.79 bits per heavy atom. The zero-order chi connectivity index (χ0) is 20.6. The van der Waals surface area contributed by atoms with Crippen molar-refractivity contribution in [2.75, 3.05) is 10.6 Å². The van der Waals surface area contributed by atoms with E-state index in [9.17, 15) is 4.79 Å². The Morgan fingerprint density at radius 3 is 2.52 bits per heavy atom. The molecule has 0 aliphatic heterocycles. The maximum atomic E-state index is 12.5. The first-order valence-electron chi connectivity index (χ1n) is 9.59. The van der Waals surface area contributed by atoms with E-state index in [1.54, 1.807) is 0 Å². The van der Waals surface area contributed by atoms with Gasteiger partial charge in [0, 0.05) is 46.5 Å². The zero-order valence-electron chi connectivity index (χ0n) is 17.1. The second-order valence-electron chi connectivity index (χ2n) is 8.26. The van der Waals surface area contributed by atoms with E-state index in [4.69, 9.17) is 0 Å². The van der Waals surface area contributed by atoms with Crippen LogP contribution in [-0.2, 0) is 12.5 Å². The van der Waals surface area contributed by atoms with E-state index in [-0.39, 0.29) is 11.4 Å². The van der Waals surface area contributed by atoms with Crippen molar-refractivity contribution < 1.29 is 4.79 Å². The number of aromatic nitrogens is 3. The van der Waals surface area contributed by atoms with E-state index in [2.05, 4.69) is 41.4 Å². The molecule has 3 N–H and O–H groups in total. The van der Waals surface area contributed by atoms with Gasteiger partial charge in [0.25, 0.3) is 0 Å². The lowest BCUT2D eigenvalue weighted by atomic mass is 9.96. The van der Waals surface area contributed by atoms with Gasteiger partial charge in [-0.05, 0) is 36.4 Å². The fraction of sp³-hybridized carbons (Fsp3) is 0.217. The molecule has 2 aromatic heterocycles. The first-order valence-corrected chi connectivity index (χ1v) is 9.59. The third-order valence-corrected chi connectivity index (χ3v) is 4.86. The van der Waals surface area contributed by atoms with Crippen molar-refractivity contribution in [2.24, 2.45) is 7.05 Å². The Morgan fingerprint density at radius 1 is 1.03 bits per heavy atom. The summed E-state index contributed by atoms with van der Waals surface area (Å²) in [5.74, 6) is 0.930. The summed E-state index contributed by atoms with van der Waals surface area (Å²) in [5, 5.41) is 6.88. The number of rotatable bonds is 3. The SMILES string of the molecule is Cn1ccc2cc(NC(=O)Nc3cccc(-c4cnc(C(C)(C)C)[nH]4)c3)ccc21. The monoisotopic (exact) mass is 387 g/mol. The van der Waals surface area contributed by atoms with Crippen LogP contribution in [0.25, 0.3) is 22.2 Å². The maximum absolute atomic E-state index is 12.5. The summed E-state index contributed by atoms with van der Waals surface area (Å²) < 4.78 is 2.05. The lowest BCUT2D eigenvalue weighted by molar-refractivity contribution is 0.262. The third-order valence-electron chi connectivity index (χ3n) is 4.86. The van der Waals surface area contributed by atoms with Crippen molar-refractivity contribution in [2.45, 2.75) is 26.2 Å². The Labute approximate surface area is 170 Å². The fourth-order valence-corrected chi connectivity index (χ4v) is 3.27. The summed E-state index contributed by atoms with van der Waals surface area (Å²) in [7, 11) is 2.00. The number of H-pyrrole nitrogens is 1. The van der Waals surface area contributed by atoms with Gasteiger partial charge >= 0.3 is 6.03 Å². The molecule has 0 bridgehead atoms. The van der Waals surface area contributed by atoms with Crippen molar-refractivity contribution in [3.05, 3.63) is 66.7 Å². The van der Waals surface area contributed by atoms with Gasteiger partial charge in [-0.15, -0.1) is 0 Å². The number of hydrogen-bond acceptors (Lipinski definition) is 2. The summed E-state index contributed by atoms with van der Waals surface area (Å²) in [4.78, 5) is 20.3. The number of anilines is 2. The number of aryl methyl sites for hydroxylation is 1. The molecular weight excluding hydrogens is 362 g/mol. The molecule has 0 saturated heterocycles. The van der Waals surface area contributed by atoms with E-state index >= 15 is 0 Å². The number of benzene rings is 2. The Balaban J connectivity index is 1.48. The Bertz CT molecular complexity index is 1180. The summed E-state index contributed by atoms with van der Waals surface area (Å²) in [6, 6.07) is 15.3. The van der Waals surface area contributed by atoms with Gasteiger partial charge in [-0.25, -0.2) is 9.78 Å². The number of imidazole rings is 1. The molecule has 4 rings (SSSR count). The van der Waals surface area contributed by atoms with Crippen LogP contribution in [0.4, 0.5) is 16.2 Å². The second-order valence-corrected chi connectivity index (χ2v) is 8.26. The molecule has 148 valence electrons. The van der Waals surface area contributed by atoms with Crippen molar-refractivity contribution in [1.29, 1.82) is 0 Å². The van der Waals surface area contributed by atoms with Gasteiger partial charge in [0.05, 0.1) is 11.9 Å². The number of aromatic amines is 1. The number of urea groups is 1. The lowest BCUT2D eigenvalue weighted by Gasteiger charge is -2.14. The fourth-order valence-electron chi connectivity index (χ4n) is 3.27. The molecule has 2 aromatic carbocycles. The van der Waals surface area contributed by atoms with Crippen LogP contribution in [-0.4, -0.2) is 20.6 Å². The number of nitrogens with zero attached hydrogens (tertiary/aromatic N) is 2. The molecule has 6 nitrogen and oxygen atoms in total. The van der Waals surface area contributed by atoms with Crippen LogP contribution in [0, 0.1) is 0 Å². The number of nitrogens with one attached hydrogen (secondary N) is 3. The highest BCUT2D eigenvalue weighted by atomic mass is 16.2. The Hall–Kier alpha value is -3.54. The van der Waals surface area contributed by atoms with Gasteiger partial charge < -0.3 is 20.2 Å². The highest BCUT2D eigenvalue weighted by molar-refractivity contribution is 6.01. The molecule has 29 heavy (non-hydrogen) atoms. The summed E-state index contributed by atoms with van der Waals surface area (Å²) >= 11 is 0. The molecule has 0 fully saturated rings. The van der Waals surface area contributed by atoms with Crippen LogP contribution in [0.3, 0.4) is 0 Å². The van der Waals surface area contributed by atoms with Crippen molar-refractivity contribution in [3.8, 4) is 11.3 Å². The molecule has 0 atom stereocenters. The van der Waals surface area contributed by atoms with Crippen molar-refractivity contribution >= 4 is 28.3 Å². The number of carbonyl (C=O) groups is 1. The minimum atomic E-state index is -0.280. The van der Waals surface area contributed by atoms with Crippen molar-refractivity contribution in [3.63, 3.8) is 0 Å². The van der Waals surface area contributed by atoms with Crippen LogP contribution in [0.5, 0.6) is 0 Å². The smallest absolute Gasteiger partial charge is 0.323 e. The highest BCUT2D eigenvalue weighted by Crippen LogP contribution is 2.25. The molecule has 6 heteroatoms. The van der Waals surface area contributed by atoms with Crippen LogP contribution in [0.2, 0.25) is 0 Å². The van der Waals surface area contributed by atoms with E-state index in [0.29, 0.717) is 5.69 Å². The van der Waals surface area contributed by atoms with Gasteiger partial charge in [0.1, 0.15) is 5.82 Å². The minimum Gasteiger partial charge on any atom is -0.351 e. The minimum absolute atomic E-state index is 0.0478. The topological polar surface area (TPSA) is 74.7 Å². The first-order chi connectivity index (χ1) is 13.8.